The SMILES string of the molecule is CC1CC(C)N(C(C)C(=O)Nc2ccccc2N)C1. The molecular weight excluding hydrogens is 238 g/mol. The number of likely N-dealkylation sites (tertiary alicyclic amines) is 1. The second-order valence-corrected chi connectivity index (χ2v) is 5.64. The van der Waals surface area contributed by atoms with Gasteiger partial charge in [-0.15, -0.1) is 0 Å². The van der Waals surface area contributed by atoms with Gasteiger partial charge in [-0.2, -0.15) is 0 Å². The molecule has 1 aromatic carbocycles. The molecule has 1 amide bonds. The van der Waals surface area contributed by atoms with Crippen LogP contribution in [0.2, 0.25) is 0 Å². The number of nitrogens with one attached hydrogen (secondary N) is 1. The van der Waals surface area contributed by atoms with Crippen molar-refractivity contribution >= 4 is 17.3 Å². The zero-order valence-electron chi connectivity index (χ0n) is 11.9. The summed E-state index contributed by atoms with van der Waals surface area (Å²) in [6, 6.07) is 7.69. The number of nitrogens with two attached hydrogens (primary N) is 1. The van der Waals surface area contributed by atoms with E-state index in [0.717, 1.165) is 13.0 Å². The van der Waals surface area contributed by atoms with Crippen LogP contribution in [0.3, 0.4) is 0 Å². The molecule has 0 bridgehead atoms. The number of hydrogen-bond donors (Lipinski definition) is 2. The topological polar surface area (TPSA) is 58.4 Å². The number of nitrogen functional groups attached to an aromatic ring is 1. The molecule has 1 aliphatic heterocycles. The lowest BCUT2D eigenvalue weighted by atomic mass is 10.1. The van der Waals surface area contributed by atoms with Crippen LogP contribution < -0.4 is 11.1 Å². The molecule has 0 aromatic heterocycles. The van der Waals surface area contributed by atoms with E-state index in [-0.39, 0.29) is 11.9 Å². The summed E-state index contributed by atoms with van der Waals surface area (Å²) in [4.78, 5) is 14.6. The predicted octanol–water partition coefficient (Wildman–Crippen LogP) is 2.33. The largest absolute Gasteiger partial charge is 0.397 e. The van der Waals surface area contributed by atoms with Crippen molar-refractivity contribution in [3.8, 4) is 0 Å². The first-order valence-corrected chi connectivity index (χ1v) is 6.90. The van der Waals surface area contributed by atoms with Gasteiger partial charge in [0.05, 0.1) is 17.4 Å². The third-order valence-corrected chi connectivity index (χ3v) is 3.93. The van der Waals surface area contributed by atoms with Crippen molar-refractivity contribution in [2.45, 2.75) is 39.3 Å². The summed E-state index contributed by atoms with van der Waals surface area (Å²) in [5, 5.41) is 2.92. The molecule has 1 heterocycles. The Morgan fingerprint density at radius 1 is 1.42 bits per heavy atom. The van der Waals surface area contributed by atoms with E-state index in [9.17, 15) is 4.79 Å². The highest BCUT2D eigenvalue weighted by Crippen LogP contribution is 2.25. The fourth-order valence-corrected chi connectivity index (χ4v) is 2.87. The summed E-state index contributed by atoms with van der Waals surface area (Å²) < 4.78 is 0. The van der Waals surface area contributed by atoms with Gasteiger partial charge < -0.3 is 11.1 Å². The van der Waals surface area contributed by atoms with E-state index in [2.05, 4.69) is 24.1 Å². The van der Waals surface area contributed by atoms with Crippen LogP contribution in [0.25, 0.3) is 0 Å². The average molecular weight is 261 g/mol. The van der Waals surface area contributed by atoms with Crippen molar-refractivity contribution in [1.29, 1.82) is 0 Å². The molecule has 3 atom stereocenters. The van der Waals surface area contributed by atoms with E-state index in [1.54, 1.807) is 6.07 Å². The number of benzene rings is 1. The second kappa shape index (κ2) is 5.61. The number of anilines is 2. The van der Waals surface area contributed by atoms with Crippen LogP contribution in [-0.2, 0) is 4.79 Å². The van der Waals surface area contributed by atoms with Crippen molar-refractivity contribution in [3.63, 3.8) is 0 Å². The quantitative estimate of drug-likeness (QED) is 0.821. The Kier molecular flexibility index (Phi) is 4.10. The minimum atomic E-state index is -0.125. The number of carbonyl (C=O) groups excluding carboxylic acids is 1. The fourth-order valence-electron chi connectivity index (χ4n) is 2.87. The van der Waals surface area contributed by atoms with Gasteiger partial charge in [0.1, 0.15) is 0 Å². The van der Waals surface area contributed by atoms with E-state index in [1.165, 1.54) is 0 Å². The molecule has 1 fully saturated rings. The third kappa shape index (κ3) is 3.07. The van der Waals surface area contributed by atoms with Crippen LogP contribution in [0.5, 0.6) is 0 Å². The number of hydrogen-bond acceptors (Lipinski definition) is 3. The summed E-state index contributed by atoms with van der Waals surface area (Å²) in [5.74, 6) is 0.672. The van der Waals surface area contributed by atoms with Crippen LogP contribution in [0.15, 0.2) is 24.3 Å². The predicted molar refractivity (Wildman–Crippen MR) is 78.9 cm³/mol. The summed E-state index contributed by atoms with van der Waals surface area (Å²) in [5.41, 5.74) is 7.14. The van der Waals surface area contributed by atoms with Gasteiger partial charge in [-0.25, -0.2) is 0 Å². The standard InChI is InChI=1S/C15H23N3O/c1-10-8-11(2)18(9-10)12(3)15(19)17-14-7-5-4-6-13(14)16/h4-7,10-12H,8-9,16H2,1-3H3,(H,17,19). The van der Waals surface area contributed by atoms with Crippen molar-refractivity contribution in [2.75, 3.05) is 17.6 Å². The summed E-state index contributed by atoms with van der Waals surface area (Å²) in [7, 11) is 0. The van der Waals surface area contributed by atoms with Gasteiger partial charge in [-0.05, 0) is 38.3 Å². The van der Waals surface area contributed by atoms with Gasteiger partial charge >= 0.3 is 0 Å². The first-order chi connectivity index (χ1) is 8.99. The normalized spacial score (nSPS) is 25.2. The van der Waals surface area contributed by atoms with Gasteiger partial charge in [-0.1, -0.05) is 19.1 Å². The average Bonchev–Trinajstić information content (AvgIpc) is 2.70. The Morgan fingerprint density at radius 3 is 2.68 bits per heavy atom. The Labute approximate surface area is 115 Å². The lowest BCUT2D eigenvalue weighted by Gasteiger charge is -2.27. The zero-order valence-corrected chi connectivity index (χ0v) is 11.9. The molecule has 4 nitrogen and oxygen atoms in total. The maximum absolute atomic E-state index is 12.3. The van der Waals surface area contributed by atoms with Gasteiger partial charge in [0, 0.05) is 12.6 Å². The van der Waals surface area contributed by atoms with E-state index in [0.29, 0.717) is 23.3 Å². The number of para-hydroxylation sites is 2. The zero-order chi connectivity index (χ0) is 14.0. The highest BCUT2D eigenvalue weighted by molar-refractivity contribution is 5.97. The maximum Gasteiger partial charge on any atom is 0.241 e. The van der Waals surface area contributed by atoms with Gasteiger partial charge in [-0.3, -0.25) is 9.69 Å². The van der Waals surface area contributed by atoms with Crippen molar-refractivity contribution in [3.05, 3.63) is 24.3 Å². The van der Waals surface area contributed by atoms with Gasteiger partial charge in [0.15, 0.2) is 0 Å². The molecule has 0 spiro atoms. The van der Waals surface area contributed by atoms with Gasteiger partial charge in [0.25, 0.3) is 0 Å². The number of amides is 1. The molecule has 19 heavy (non-hydrogen) atoms. The van der Waals surface area contributed by atoms with E-state index < -0.39 is 0 Å². The molecule has 1 aliphatic rings. The third-order valence-electron chi connectivity index (χ3n) is 3.93. The fraction of sp³-hybridized carbons (Fsp3) is 0.533. The Morgan fingerprint density at radius 2 is 2.11 bits per heavy atom. The Hall–Kier alpha value is -1.55. The Balaban J connectivity index is 2.02. The molecule has 0 aliphatic carbocycles. The highest BCUT2D eigenvalue weighted by Gasteiger charge is 2.32. The minimum Gasteiger partial charge on any atom is -0.397 e. The molecule has 0 radical (unpaired) electrons. The van der Waals surface area contributed by atoms with E-state index in [4.69, 9.17) is 5.73 Å². The van der Waals surface area contributed by atoms with E-state index >= 15 is 0 Å². The van der Waals surface area contributed by atoms with Crippen LogP contribution in [0.4, 0.5) is 11.4 Å². The number of nitrogens with zero attached hydrogens (tertiary/aromatic N) is 1. The summed E-state index contributed by atoms with van der Waals surface area (Å²) >= 11 is 0. The number of rotatable bonds is 3. The molecule has 4 heteroatoms. The first-order valence-electron chi connectivity index (χ1n) is 6.90. The van der Waals surface area contributed by atoms with E-state index in [1.807, 2.05) is 25.1 Å². The monoisotopic (exact) mass is 261 g/mol. The summed E-state index contributed by atoms with van der Waals surface area (Å²) in [6.07, 6.45) is 1.16. The van der Waals surface area contributed by atoms with Crippen LogP contribution in [-0.4, -0.2) is 29.4 Å². The van der Waals surface area contributed by atoms with Crippen LogP contribution in [0, 0.1) is 5.92 Å². The lowest BCUT2D eigenvalue weighted by Crippen LogP contribution is -2.43. The minimum absolute atomic E-state index is 0.0128. The Bertz CT molecular complexity index is 460. The molecule has 0 saturated carbocycles. The molecule has 104 valence electrons. The van der Waals surface area contributed by atoms with Crippen molar-refractivity contribution in [2.24, 2.45) is 5.92 Å². The summed E-state index contributed by atoms with van der Waals surface area (Å²) in [6.45, 7) is 7.36. The van der Waals surface area contributed by atoms with Gasteiger partial charge in [0.2, 0.25) is 5.91 Å². The first kappa shape index (κ1) is 13.9. The van der Waals surface area contributed by atoms with Crippen LogP contribution >= 0.6 is 0 Å². The molecule has 2 rings (SSSR count). The van der Waals surface area contributed by atoms with Crippen molar-refractivity contribution in [1.82, 2.24) is 4.90 Å². The van der Waals surface area contributed by atoms with Crippen LogP contribution in [0.1, 0.15) is 27.2 Å². The van der Waals surface area contributed by atoms with Crippen molar-refractivity contribution < 1.29 is 4.79 Å². The molecule has 1 saturated heterocycles. The highest BCUT2D eigenvalue weighted by atomic mass is 16.2. The second-order valence-electron chi connectivity index (χ2n) is 5.64. The number of carbonyl (C=O) groups is 1. The molecule has 1 aromatic rings. The smallest absolute Gasteiger partial charge is 0.241 e. The lowest BCUT2D eigenvalue weighted by molar-refractivity contribution is -0.121. The molecule has 3 unspecified atom stereocenters. The molecular formula is C15H23N3O. The maximum atomic E-state index is 12.3. The molecule has 3 N–H and O–H groups in total.